The van der Waals surface area contributed by atoms with Crippen LogP contribution in [0.25, 0.3) is 5.76 Å². The fraction of sp³-hybridized carbons (Fsp3) is 0.324. The van der Waals surface area contributed by atoms with Crippen molar-refractivity contribution in [3.8, 4) is 11.5 Å². The van der Waals surface area contributed by atoms with Crippen LogP contribution in [-0.4, -0.2) is 35.1 Å². The Kier molecular flexibility index (Phi) is 10.8. The lowest BCUT2D eigenvalue weighted by Crippen LogP contribution is -2.58. The second-order valence-electron chi connectivity index (χ2n) is 12.5. The highest BCUT2D eigenvalue weighted by Gasteiger charge is 2.43. The summed E-state index contributed by atoms with van der Waals surface area (Å²) in [5, 5.41) is 7.17. The molecule has 0 radical (unpaired) electrons. The highest BCUT2D eigenvalue weighted by molar-refractivity contribution is 5.97. The second kappa shape index (κ2) is 15.2. The molecule has 1 aliphatic rings. The molecule has 1 unspecified atom stereocenters. The average Bonchev–Trinajstić information content (AvgIpc) is 3.71. The number of carbonyl (C=O) groups excluding carboxylic acids is 2. The average molecular weight is 654 g/mol. The summed E-state index contributed by atoms with van der Waals surface area (Å²) in [5.41, 5.74) is 17.0. The van der Waals surface area contributed by atoms with Crippen LogP contribution in [0.5, 0.6) is 11.5 Å². The topological polar surface area (TPSA) is 164 Å². The second-order valence-corrected chi connectivity index (χ2v) is 12.5. The first kappa shape index (κ1) is 34.2. The van der Waals surface area contributed by atoms with E-state index in [2.05, 4.69) is 35.9 Å². The Morgan fingerprint density at radius 2 is 1.52 bits per heavy atom. The normalized spacial score (nSPS) is 15.8. The lowest BCUT2D eigenvalue weighted by Gasteiger charge is -2.23. The maximum Gasteiger partial charge on any atom is 0.271 e. The van der Waals surface area contributed by atoms with E-state index in [9.17, 15) is 9.59 Å². The van der Waals surface area contributed by atoms with Crippen molar-refractivity contribution in [3.05, 3.63) is 118 Å². The number of aromatic nitrogens is 1. The molecule has 0 spiro atoms. The SMILES string of the molecule is CC(C)NCC1(C(N)=O)C=C(c2c(C(N)=O)noc2CCc2cc(C(C)C)c(OCc3ccccc3)cc2OCc2ccccc2)ON1. The molecule has 0 aliphatic carbocycles. The van der Waals surface area contributed by atoms with Crippen LogP contribution in [0.15, 0.2) is 83.4 Å². The van der Waals surface area contributed by atoms with Crippen molar-refractivity contribution in [1.29, 1.82) is 0 Å². The summed E-state index contributed by atoms with van der Waals surface area (Å²) in [6.07, 6.45) is 2.31. The van der Waals surface area contributed by atoms with Crippen LogP contribution < -0.4 is 31.7 Å². The van der Waals surface area contributed by atoms with Gasteiger partial charge in [0, 0.05) is 25.1 Å². The van der Waals surface area contributed by atoms with Crippen LogP contribution in [0, 0.1) is 0 Å². The number of nitrogens with one attached hydrogen (secondary N) is 2. The third-order valence-corrected chi connectivity index (χ3v) is 8.10. The number of hydrogen-bond acceptors (Lipinski definition) is 9. The number of ether oxygens (including phenoxy) is 2. The predicted octanol–water partition coefficient (Wildman–Crippen LogP) is 4.94. The number of nitrogens with zero attached hydrogens (tertiary/aromatic N) is 1. The number of benzene rings is 3. The largest absolute Gasteiger partial charge is 0.488 e. The number of aryl methyl sites for hydroxylation is 2. The summed E-state index contributed by atoms with van der Waals surface area (Å²) in [5.74, 6) is 0.648. The van der Waals surface area contributed by atoms with Gasteiger partial charge in [-0.2, -0.15) is 0 Å². The molecule has 1 atom stereocenters. The quantitative estimate of drug-likeness (QED) is 0.131. The van der Waals surface area contributed by atoms with Crippen LogP contribution in [0.4, 0.5) is 0 Å². The number of carbonyl (C=O) groups is 2. The first-order chi connectivity index (χ1) is 23.1. The summed E-state index contributed by atoms with van der Waals surface area (Å²) < 4.78 is 18.4. The van der Waals surface area contributed by atoms with Gasteiger partial charge < -0.3 is 35.6 Å². The zero-order chi connectivity index (χ0) is 34.3. The predicted molar refractivity (Wildman–Crippen MR) is 182 cm³/mol. The van der Waals surface area contributed by atoms with Crippen molar-refractivity contribution in [2.45, 2.75) is 71.2 Å². The molecule has 4 aromatic rings. The molecule has 1 aromatic heterocycles. The van der Waals surface area contributed by atoms with Gasteiger partial charge in [-0.05, 0) is 46.7 Å². The Balaban J connectivity index is 1.47. The van der Waals surface area contributed by atoms with E-state index in [1.807, 2.05) is 80.6 Å². The Bertz CT molecular complexity index is 1750. The minimum atomic E-state index is -1.36. The summed E-state index contributed by atoms with van der Waals surface area (Å²) in [7, 11) is 0. The van der Waals surface area contributed by atoms with E-state index in [0.717, 1.165) is 28.0 Å². The zero-order valence-electron chi connectivity index (χ0n) is 27.7. The fourth-order valence-electron chi connectivity index (χ4n) is 5.38. The number of nitrogens with two attached hydrogens (primary N) is 2. The molecule has 0 saturated heterocycles. The standard InChI is InChI=1S/C37H43N5O6/c1-23(2)28-17-27(30(45-20-25-11-7-5-8-12-25)18-31(28)46-21-26-13-9-6-10-14-26)15-16-29-33(34(35(38)43)41-47-29)32-19-37(36(39)44,42-48-32)22-40-24(3)4/h5-14,17-19,23-24,40,42H,15-16,20-22H2,1-4H3,(H2,38,43)(H2,39,44). The molecule has 0 saturated carbocycles. The van der Waals surface area contributed by atoms with Gasteiger partial charge in [-0.3, -0.25) is 9.59 Å². The summed E-state index contributed by atoms with van der Waals surface area (Å²) >= 11 is 0. The lowest BCUT2D eigenvalue weighted by atomic mass is 9.94. The molecule has 48 heavy (non-hydrogen) atoms. The highest BCUT2D eigenvalue weighted by atomic mass is 16.7. The molecule has 2 heterocycles. The van der Waals surface area contributed by atoms with E-state index >= 15 is 0 Å². The van der Waals surface area contributed by atoms with Crippen molar-refractivity contribution < 1.29 is 28.4 Å². The Hall–Kier alpha value is -5.13. The maximum atomic E-state index is 12.5. The molecule has 3 aromatic carbocycles. The van der Waals surface area contributed by atoms with Gasteiger partial charge in [0.15, 0.2) is 17.0 Å². The number of rotatable bonds is 16. The molecule has 11 heteroatoms. The van der Waals surface area contributed by atoms with Gasteiger partial charge in [0.05, 0.1) is 5.56 Å². The van der Waals surface area contributed by atoms with Gasteiger partial charge in [-0.25, -0.2) is 0 Å². The van der Waals surface area contributed by atoms with Gasteiger partial charge in [-0.1, -0.05) is 93.5 Å². The third kappa shape index (κ3) is 8.04. The Morgan fingerprint density at radius 3 is 2.08 bits per heavy atom. The molecule has 1 aliphatic heterocycles. The zero-order valence-corrected chi connectivity index (χ0v) is 27.7. The molecular weight excluding hydrogens is 610 g/mol. The third-order valence-electron chi connectivity index (χ3n) is 8.10. The highest BCUT2D eigenvalue weighted by Crippen LogP contribution is 2.37. The summed E-state index contributed by atoms with van der Waals surface area (Å²) in [6, 6.07) is 24.0. The maximum absolute atomic E-state index is 12.5. The van der Waals surface area contributed by atoms with Crippen molar-refractivity contribution in [1.82, 2.24) is 16.0 Å². The van der Waals surface area contributed by atoms with Crippen LogP contribution >= 0.6 is 0 Å². The summed E-state index contributed by atoms with van der Waals surface area (Å²) in [4.78, 5) is 30.7. The van der Waals surface area contributed by atoms with Crippen LogP contribution in [0.3, 0.4) is 0 Å². The van der Waals surface area contributed by atoms with E-state index in [0.29, 0.717) is 37.6 Å². The first-order valence-electron chi connectivity index (χ1n) is 16.1. The first-order valence-corrected chi connectivity index (χ1v) is 16.1. The monoisotopic (exact) mass is 653 g/mol. The number of primary amides is 2. The van der Waals surface area contributed by atoms with E-state index in [4.69, 9.17) is 30.3 Å². The van der Waals surface area contributed by atoms with Gasteiger partial charge in [0.25, 0.3) is 5.91 Å². The number of hydrogen-bond donors (Lipinski definition) is 4. The fourth-order valence-corrected chi connectivity index (χ4v) is 5.38. The Labute approximate surface area is 280 Å². The number of amides is 2. The van der Waals surface area contributed by atoms with Crippen molar-refractivity contribution in [2.75, 3.05) is 6.54 Å². The van der Waals surface area contributed by atoms with Gasteiger partial charge in [0.2, 0.25) is 5.91 Å². The smallest absolute Gasteiger partial charge is 0.271 e. The molecule has 2 amide bonds. The van der Waals surface area contributed by atoms with E-state index in [1.54, 1.807) is 0 Å². The lowest BCUT2D eigenvalue weighted by molar-refractivity contribution is -0.124. The minimum absolute atomic E-state index is 0.0805. The van der Waals surface area contributed by atoms with Gasteiger partial charge >= 0.3 is 0 Å². The Morgan fingerprint density at radius 1 is 0.896 bits per heavy atom. The molecule has 6 N–H and O–H groups in total. The molecule has 0 fully saturated rings. The number of hydroxylamine groups is 1. The van der Waals surface area contributed by atoms with E-state index < -0.39 is 17.4 Å². The van der Waals surface area contributed by atoms with Crippen LogP contribution in [0.2, 0.25) is 0 Å². The van der Waals surface area contributed by atoms with Crippen molar-refractivity contribution in [2.24, 2.45) is 11.5 Å². The van der Waals surface area contributed by atoms with Gasteiger partial charge in [-0.15, -0.1) is 5.48 Å². The molecular formula is C37H43N5O6. The van der Waals surface area contributed by atoms with Crippen molar-refractivity contribution >= 4 is 17.6 Å². The van der Waals surface area contributed by atoms with Crippen molar-refractivity contribution in [3.63, 3.8) is 0 Å². The molecule has 252 valence electrons. The van der Waals surface area contributed by atoms with Gasteiger partial charge in [0.1, 0.15) is 30.5 Å². The minimum Gasteiger partial charge on any atom is -0.488 e. The van der Waals surface area contributed by atoms with E-state index in [1.165, 1.54) is 6.08 Å². The molecule has 11 nitrogen and oxygen atoms in total. The van der Waals surface area contributed by atoms with Crippen LogP contribution in [-0.2, 0) is 35.7 Å². The summed E-state index contributed by atoms with van der Waals surface area (Å²) in [6.45, 7) is 9.06. The molecule has 5 rings (SSSR count). The van der Waals surface area contributed by atoms with E-state index in [-0.39, 0.29) is 35.5 Å². The molecule has 0 bridgehead atoms. The van der Waals surface area contributed by atoms with Crippen LogP contribution in [0.1, 0.15) is 77.7 Å².